The van der Waals surface area contributed by atoms with E-state index < -0.39 is 11.9 Å². The molecule has 0 atom stereocenters. The standard InChI is InChI=1S/C11H14BrF3N2S/c1-7(2)5-18-6-9-16-4-8(3-12)10(17-9)11(13,14)15/h4,7H,3,5-6H2,1-2H3. The lowest BCUT2D eigenvalue weighted by Crippen LogP contribution is -2.14. The molecule has 0 aromatic carbocycles. The van der Waals surface area contributed by atoms with E-state index in [1.165, 1.54) is 6.20 Å². The Morgan fingerprint density at radius 3 is 2.56 bits per heavy atom. The van der Waals surface area contributed by atoms with Crippen molar-refractivity contribution in [1.29, 1.82) is 0 Å². The first kappa shape index (κ1) is 15.8. The first-order valence-electron chi connectivity index (χ1n) is 5.40. The molecular formula is C11H14BrF3N2S. The van der Waals surface area contributed by atoms with Crippen molar-refractivity contribution in [3.63, 3.8) is 0 Å². The van der Waals surface area contributed by atoms with Gasteiger partial charge >= 0.3 is 6.18 Å². The molecule has 0 aliphatic heterocycles. The molecule has 0 saturated heterocycles. The smallest absolute Gasteiger partial charge is 0.240 e. The van der Waals surface area contributed by atoms with Gasteiger partial charge in [-0.1, -0.05) is 29.8 Å². The summed E-state index contributed by atoms with van der Waals surface area (Å²) >= 11 is 4.56. The lowest BCUT2D eigenvalue weighted by molar-refractivity contribution is -0.141. The second-order valence-corrected chi connectivity index (χ2v) is 5.79. The van der Waals surface area contributed by atoms with Crippen LogP contribution >= 0.6 is 27.7 Å². The van der Waals surface area contributed by atoms with Gasteiger partial charge < -0.3 is 0 Å². The highest BCUT2D eigenvalue weighted by Gasteiger charge is 2.35. The number of thioether (sulfide) groups is 1. The van der Waals surface area contributed by atoms with Crippen molar-refractivity contribution < 1.29 is 13.2 Å². The van der Waals surface area contributed by atoms with Gasteiger partial charge in [-0.15, -0.1) is 0 Å². The summed E-state index contributed by atoms with van der Waals surface area (Å²) in [6, 6.07) is 0. The molecule has 0 aliphatic rings. The molecule has 1 aromatic rings. The zero-order valence-corrected chi connectivity index (χ0v) is 12.5. The maximum absolute atomic E-state index is 12.7. The maximum atomic E-state index is 12.7. The lowest BCUT2D eigenvalue weighted by atomic mass is 10.2. The fourth-order valence-corrected chi connectivity index (χ4v) is 2.56. The van der Waals surface area contributed by atoms with Crippen LogP contribution in [0, 0.1) is 5.92 Å². The highest BCUT2D eigenvalue weighted by atomic mass is 79.9. The van der Waals surface area contributed by atoms with Gasteiger partial charge in [0.05, 0.1) is 5.75 Å². The minimum absolute atomic E-state index is 0.0695. The lowest BCUT2D eigenvalue weighted by Gasteiger charge is -2.11. The average molecular weight is 343 g/mol. The Morgan fingerprint density at radius 1 is 1.39 bits per heavy atom. The minimum atomic E-state index is -4.43. The summed E-state index contributed by atoms with van der Waals surface area (Å²) in [5, 5.41) is 0.0985. The highest BCUT2D eigenvalue weighted by Crippen LogP contribution is 2.31. The molecule has 0 fully saturated rings. The number of hydrogen-bond acceptors (Lipinski definition) is 3. The summed E-state index contributed by atoms with van der Waals surface area (Å²) in [7, 11) is 0. The second kappa shape index (κ2) is 6.75. The molecule has 102 valence electrons. The van der Waals surface area contributed by atoms with Crippen LogP contribution in [0.15, 0.2) is 6.20 Å². The topological polar surface area (TPSA) is 25.8 Å². The van der Waals surface area contributed by atoms with Gasteiger partial charge in [-0.05, 0) is 11.7 Å². The number of alkyl halides is 4. The summed E-state index contributed by atoms with van der Waals surface area (Å²) in [4.78, 5) is 7.58. The van der Waals surface area contributed by atoms with E-state index in [0.717, 1.165) is 5.75 Å². The molecule has 7 heteroatoms. The van der Waals surface area contributed by atoms with Crippen LogP contribution < -0.4 is 0 Å². The van der Waals surface area contributed by atoms with Gasteiger partial charge in [0.15, 0.2) is 5.69 Å². The third-order valence-corrected chi connectivity index (χ3v) is 3.98. The van der Waals surface area contributed by atoms with Crippen LogP contribution in [0.1, 0.15) is 30.9 Å². The molecule has 18 heavy (non-hydrogen) atoms. The van der Waals surface area contributed by atoms with Crippen molar-refractivity contribution in [2.45, 2.75) is 31.1 Å². The summed E-state index contributed by atoms with van der Waals surface area (Å²) in [5.74, 6) is 2.02. The van der Waals surface area contributed by atoms with E-state index in [1.807, 2.05) is 0 Å². The van der Waals surface area contributed by atoms with E-state index in [4.69, 9.17) is 0 Å². The van der Waals surface area contributed by atoms with Gasteiger partial charge in [0.25, 0.3) is 0 Å². The largest absolute Gasteiger partial charge is 0.433 e. The van der Waals surface area contributed by atoms with Gasteiger partial charge in [0, 0.05) is 17.1 Å². The minimum Gasteiger partial charge on any atom is -0.240 e. The normalized spacial score (nSPS) is 12.2. The van der Waals surface area contributed by atoms with Crippen LogP contribution in [-0.4, -0.2) is 15.7 Å². The Morgan fingerprint density at radius 2 is 2.06 bits per heavy atom. The molecule has 0 unspecified atom stereocenters. The molecule has 0 N–H and O–H groups in total. The van der Waals surface area contributed by atoms with Crippen molar-refractivity contribution in [2.75, 3.05) is 5.75 Å². The zero-order valence-electron chi connectivity index (χ0n) is 10.1. The number of aromatic nitrogens is 2. The molecular weight excluding hydrogens is 329 g/mol. The average Bonchev–Trinajstić information content (AvgIpc) is 2.27. The van der Waals surface area contributed by atoms with E-state index >= 15 is 0 Å². The van der Waals surface area contributed by atoms with Crippen LogP contribution in [0.5, 0.6) is 0 Å². The highest BCUT2D eigenvalue weighted by molar-refractivity contribution is 9.08. The van der Waals surface area contributed by atoms with Crippen molar-refractivity contribution in [3.05, 3.63) is 23.3 Å². The van der Waals surface area contributed by atoms with Gasteiger partial charge in [-0.3, -0.25) is 0 Å². The molecule has 1 rings (SSSR count). The SMILES string of the molecule is CC(C)CSCc1ncc(CBr)c(C(F)(F)F)n1. The maximum Gasteiger partial charge on any atom is 0.433 e. The summed E-state index contributed by atoms with van der Waals surface area (Å²) < 4.78 is 38.2. The molecule has 0 radical (unpaired) electrons. The molecule has 1 aromatic heterocycles. The first-order chi connectivity index (χ1) is 8.34. The predicted octanol–water partition coefficient (Wildman–Crippen LogP) is 4.28. The van der Waals surface area contributed by atoms with Gasteiger partial charge in [0.2, 0.25) is 0 Å². The van der Waals surface area contributed by atoms with Crippen molar-refractivity contribution >= 4 is 27.7 Å². The summed E-state index contributed by atoms with van der Waals surface area (Å²) in [6.07, 6.45) is -3.18. The quantitative estimate of drug-likeness (QED) is 0.747. The van der Waals surface area contributed by atoms with Crippen LogP contribution in [0.3, 0.4) is 0 Å². The first-order valence-corrected chi connectivity index (χ1v) is 7.68. The molecule has 0 saturated carbocycles. The van der Waals surface area contributed by atoms with E-state index in [9.17, 15) is 13.2 Å². The molecule has 0 bridgehead atoms. The Hall–Kier alpha value is -0.300. The van der Waals surface area contributed by atoms with E-state index in [-0.39, 0.29) is 16.7 Å². The monoisotopic (exact) mass is 342 g/mol. The van der Waals surface area contributed by atoms with Crippen LogP contribution in [0.2, 0.25) is 0 Å². The molecule has 2 nitrogen and oxygen atoms in total. The Balaban J connectivity index is 2.83. The summed E-state index contributed by atoms with van der Waals surface area (Å²) in [6.45, 7) is 4.12. The number of hydrogen-bond donors (Lipinski definition) is 0. The zero-order chi connectivity index (χ0) is 13.8. The van der Waals surface area contributed by atoms with E-state index in [1.54, 1.807) is 11.8 Å². The van der Waals surface area contributed by atoms with E-state index in [0.29, 0.717) is 11.7 Å². The van der Waals surface area contributed by atoms with Crippen LogP contribution in [0.4, 0.5) is 13.2 Å². The Kier molecular flexibility index (Phi) is 5.91. The summed E-state index contributed by atoms with van der Waals surface area (Å²) in [5.41, 5.74) is -0.769. The van der Waals surface area contributed by atoms with Crippen molar-refractivity contribution in [3.8, 4) is 0 Å². The molecule has 1 heterocycles. The van der Waals surface area contributed by atoms with Crippen molar-refractivity contribution in [1.82, 2.24) is 9.97 Å². The van der Waals surface area contributed by atoms with Gasteiger partial charge in [-0.25, -0.2) is 9.97 Å². The van der Waals surface area contributed by atoms with Gasteiger partial charge in [0.1, 0.15) is 5.82 Å². The Labute approximate surface area is 117 Å². The van der Waals surface area contributed by atoms with Gasteiger partial charge in [-0.2, -0.15) is 24.9 Å². The van der Waals surface area contributed by atoms with Crippen molar-refractivity contribution in [2.24, 2.45) is 5.92 Å². The number of rotatable bonds is 5. The number of nitrogens with zero attached hydrogens (tertiary/aromatic N) is 2. The Bertz CT molecular complexity index is 396. The second-order valence-electron chi connectivity index (χ2n) is 4.20. The fraction of sp³-hybridized carbons (Fsp3) is 0.636. The van der Waals surface area contributed by atoms with E-state index in [2.05, 4.69) is 39.7 Å². The molecule has 0 aliphatic carbocycles. The van der Waals surface area contributed by atoms with Crippen LogP contribution in [0.25, 0.3) is 0 Å². The third-order valence-electron chi connectivity index (χ3n) is 2.01. The molecule has 0 amide bonds. The fourth-order valence-electron chi connectivity index (χ4n) is 1.24. The number of halogens is 4. The third kappa shape index (κ3) is 4.76. The predicted molar refractivity (Wildman–Crippen MR) is 70.7 cm³/mol. The molecule has 0 spiro atoms. The van der Waals surface area contributed by atoms with Crippen LogP contribution in [-0.2, 0) is 17.3 Å².